The van der Waals surface area contributed by atoms with E-state index in [2.05, 4.69) is 50.2 Å². The summed E-state index contributed by atoms with van der Waals surface area (Å²) >= 11 is 1.65. The summed E-state index contributed by atoms with van der Waals surface area (Å²) in [6.07, 6.45) is 0. The molecule has 0 radical (unpaired) electrons. The topological polar surface area (TPSA) is 43.1 Å². The third kappa shape index (κ3) is 3.19. The van der Waals surface area contributed by atoms with Crippen molar-refractivity contribution >= 4 is 44.4 Å². The van der Waals surface area contributed by atoms with Crippen molar-refractivity contribution < 1.29 is 4.42 Å². The van der Waals surface area contributed by atoms with Crippen LogP contribution in [0.25, 0.3) is 32.6 Å². The van der Waals surface area contributed by atoms with Crippen molar-refractivity contribution in [2.75, 3.05) is 0 Å². The van der Waals surface area contributed by atoms with E-state index >= 15 is 0 Å². The Morgan fingerprint density at radius 2 is 1.72 bits per heavy atom. The van der Waals surface area contributed by atoms with Crippen LogP contribution in [0.2, 0.25) is 0 Å². The predicted octanol–water partition coefficient (Wildman–Crippen LogP) is 6.40. The summed E-state index contributed by atoms with van der Waals surface area (Å²) in [5.41, 5.74) is 4.71. The number of thioether (sulfide) groups is 1. The number of hydrogen-bond acceptors (Lipinski definition) is 4. The second kappa shape index (κ2) is 7.05. The van der Waals surface area contributed by atoms with Crippen molar-refractivity contribution in [2.24, 2.45) is 0 Å². The maximum Gasteiger partial charge on any atom is 0.336 e. The fourth-order valence-electron chi connectivity index (χ4n) is 3.89. The zero-order valence-electron chi connectivity index (χ0n) is 16.2. The van der Waals surface area contributed by atoms with Gasteiger partial charge < -0.3 is 4.42 Å². The molecule has 0 aliphatic carbocycles. The number of rotatable bonds is 3. The minimum absolute atomic E-state index is 0.318. The zero-order valence-corrected chi connectivity index (χ0v) is 17.0. The molecule has 2 aromatic heterocycles. The first-order valence-electron chi connectivity index (χ1n) is 9.54. The third-order valence-electron chi connectivity index (χ3n) is 5.31. The van der Waals surface area contributed by atoms with Gasteiger partial charge in [0, 0.05) is 22.6 Å². The molecule has 3 aromatic carbocycles. The maximum absolute atomic E-state index is 12.1. The van der Waals surface area contributed by atoms with Crippen LogP contribution in [-0.4, -0.2) is 4.98 Å². The molecule has 4 heteroatoms. The van der Waals surface area contributed by atoms with Crippen LogP contribution in [0.1, 0.15) is 16.7 Å². The van der Waals surface area contributed by atoms with Crippen LogP contribution in [0.3, 0.4) is 0 Å². The van der Waals surface area contributed by atoms with Crippen LogP contribution in [-0.2, 0) is 5.75 Å². The molecule has 29 heavy (non-hydrogen) atoms. The van der Waals surface area contributed by atoms with Gasteiger partial charge in [-0.15, -0.1) is 11.8 Å². The molecule has 0 atom stereocenters. The van der Waals surface area contributed by atoms with Gasteiger partial charge in [0.05, 0.1) is 10.5 Å². The van der Waals surface area contributed by atoms with Gasteiger partial charge in [0.1, 0.15) is 5.58 Å². The molecule has 0 fully saturated rings. The van der Waals surface area contributed by atoms with Crippen LogP contribution in [0.5, 0.6) is 0 Å². The van der Waals surface area contributed by atoms with Gasteiger partial charge in [-0.05, 0) is 53.4 Å². The lowest BCUT2D eigenvalue weighted by molar-refractivity contribution is 0.560. The fraction of sp³-hybridized carbons (Fsp3) is 0.120. The first kappa shape index (κ1) is 18.0. The highest BCUT2D eigenvalue weighted by atomic mass is 32.2. The Labute approximate surface area is 172 Å². The first-order chi connectivity index (χ1) is 14.1. The molecule has 0 aliphatic heterocycles. The lowest BCUT2D eigenvalue weighted by Crippen LogP contribution is -2.00. The summed E-state index contributed by atoms with van der Waals surface area (Å²) in [5, 5.41) is 5.39. The van der Waals surface area contributed by atoms with Crippen LogP contribution >= 0.6 is 11.8 Å². The standard InChI is InChI=1S/C25H19NO2S/c1-15-6-5-9-19-16(2)12-22(26-25(15)19)29-14-18-13-23(27)28-21-11-10-17-7-3-4-8-20(17)24(18)21/h3-13H,14H2,1-2H3. The van der Waals surface area contributed by atoms with Crippen molar-refractivity contribution in [1.29, 1.82) is 0 Å². The van der Waals surface area contributed by atoms with E-state index in [-0.39, 0.29) is 5.63 Å². The van der Waals surface area contributed by atoms with Crippen LogP contribution in [0.15, 0.2) is 81.0 Å². The lowest BCUT2D eigenvalue weighted by atomic mass is 10.0. The summed E-state index contributed by atoms with van der Waals surface area (Å²) in [6.45, 7) is 4.21. The highest BCUT2D eigenvalue weighted by molar-refractivity contribution is 7.98. The van der Waals surface area contributed by atoms with Gasteiger partial charge in [-0.2, -0.15) is 0 Å². The molecule has 0 N–H and O–H groups in total. The summed E-state index contributed by atoms with van der Waals surface area (Å²) in [5.74, 6) is 0.653. The van der Waals surface area contributed by atoms with E-state index < -0.39 is 0 Å². The molecule has 0 spiro atoms. The van der Waals surface area contributed by atoms with E-state index in [0.29, 0.717) is 11.3 Å². The van der Waals surface area contributed by atoms with Crippen LogP contribution < -0.4 is 5.63 Å². The number of para-hydroxylation sites is 1. The molecular weight excluding hydrogens is 378 g/mol. The Hall–Kier alpha value is -3.11. The van der Waals surface area contributed by atoms with Crippen molar-refractivity contribution in [3.8, 4) is 0 Å². The van der Waals surface area contributed by atoms with E-state index in [4.69, 9.17) is 9.40 Å². The van der Waals surface area contributed by atoms with Gasteiger partial charge >= 0.3 is 5.63 Å². The highest BCUT2D eigenvalue weighted by Gasteiger charge is 2.11. The molecule has 0 saturated carbocycles. The maximum atomic E-state index is 12.1. The molecule has 5 aromatic rings. The molecular formula is C25H19NO2S. The van der Waals surface area contributed by atoms with Gasteiger partial charge in [0.2, 0.25) is 0 Å². The van der Waals surface area contributed by atoms with Crippen molar-refractivity contribution in [3.63, 3.8) is 0 Å². The smallest absolute Gasteiger partial charge is 0.336 e. The van der Waals surface area contributed by atoms with Crippen molar-refractivity contribution in [3.05, 3.63) is 93.8 Å². The Balaban J connectivity index is 1.61. The average molecular weight is 397 g/mol. The molecule has 5 rings (SSSR count). The minimum atomic E-state index is -0.318. The number of benzene rings is 3. The Morgan fingerprint density at radius 3 is 2.62 bits per heavy atom. The minimum Gasteiger partial charge on any atom is -0.423 e. The first-order valence-corrected chi connectivity index (χ1v) is 10.5. The Morgan fingerprint density at radius 1 is 0.897 bits per heavy atom. The number of aromatic nitrogens is 1. The number of pyridine rings is 1. The SMILES string of the molecule is Cc1cc(SCc2cc(=O)oc3ccc4ccccc4c23)nc2c(C)cccc12. The Bertz CT molecular complexity index is 1450. The van der Waals surface area contributed by atoms with Crippen molar-refractivity contribution in [1.82, 2.24) is 4.98 Å². The predicted molar refractivity (Wildman–Crippen MR) is 121 cm³/mol. The van der Waals surface area contributed by atoms with Gasteiger partial charge in [0.25, 0.3) is 0 Å². The lowest BCUT2D eigenvalue weighted by Gasteiger charge is -2.10. The molecule has 3 nitrogen and oxygen atoms in total. The summed E-state index contributed by atoms with van der Waals surface area (Å²) in [4.78, 5) is 17.0. The monoisotopic (exact) mass is 397 g/mol. The molecule has 0 saturated heterocycles. The summed E-state index contributed by atoms with van der Waals surface area (Å²) in [7, 11) is 0. The molecule has 0 aliphatic rings. The second-order valence-electron chi connectivity index (χ2n) is 7.29. The summed E-state index contributed by atoms with van der Waals surface area (Å²) < 4.78 is 5.47. The fourth-order valence-corrected chi connectivity index (χ4v) is 4.84. The van der Waals surface area contributed by atoms with E-state index in [1.54, 1.807) is 17.8 Å². The normalized spacial score (nSPS) is 11.5. The van der Waals surface area contributed by atoms with Gasteiger partial charge in [0.15, 0.2) is 0 Å². The second-order valence-corrected chi connectivity index (χ2v) is 8.28. The zero-order chi connectivity index (χ0) is 20.0. The van der Waals surface area contributed by atoms with E-state index in [1.165, 1.54) is 16.5 Å². The number of aryl methyl sites for hydroxylation is 2. The molecule has 2 heterocycles. The van der Waals surface area contributed by atoms with E-state index in [9.17, 15) is 4.79 Å². The molecule has 0 amide bonds. The van der Waals surface area contributed by atoms with Gasteiger partial charge in [-0.25, -0.2) is 9.78 Å². The number of nitrogens with zero attached hydrogens (tertiary/aromatic N) is 1. The molecule has 0 bridgehead atoms. The largest absolute Gasteiger partial charge is 0.423 e. The third-order valence-corrected chi connectivity index (χ3v) is 6.27. The summed E-state index contributed by atoms with van der Waals surface area (Å²) in [6, 6.07) is 22.1. The van der Waals surface area contributed by atoms with Gasteiger partial charge in [-0.1, -0.05) is 48.5 Å². The van der Waals surface area contributed by atoms with E-state index in [1.807, 2.05) is 24.3 Å². The van der Waals surface area contributed by atoms with Gasteiger partial charge in [-0.3, -0.25) is 0 Å². The number of fused-ring (bicyclic) bond motifs is 4. The van der Waals surface area contributed by atoms with Crippen molar-refractivity contribution in [2.45, 2.75) is 24.6 Å². The van der Waals surface area contributed by atoms with Crippen LogP contribution in [0.4, 0.5) is 0 Å². The average Bonchev–Trinajstić information content (AvgIpc) is 2.72. The molecule has 142 valence electrons. The Kier molecular flexibility index (Phi) is 4.36. The quantitative estimate of drug-likeness (QED) is 0.201. The molecule has 0 unspecified atom stereocenters. The highest BCUT2D eigenvalue weighted by Crippen LogP contribution is 2.32. The number of hydrogen-bond donors (Lipinski definition) is 0. The van der Waals surface area contributed by atoms with Crippen LogP contribution in [0, 0.1) is 13.8 Å². The van der Waals surface area contributed by atoms with E-state index in [0.717, 1.165) is 32.3 Å².